The number of nitrogens with zero attached hydrogens (tertiary/aromatic N) is 5. The second-order valence-corrected chi connectivity index (χ2v) is 6.59. The standard InChI is InChI=1S/C19H22N6O2/c1-3-10-20-19(26)25-11-9-15-14(12-25)16(22-24(15)2)18-21-17(23-27-18)13-7-5-4-6-8-13/h4-8H,3,9-12H2,1-2H3,(H,20,26). The van der Waals surface area contributed by atoms with Crippen LogP contribution in [-0.2, 0) is 20.0 Å². The molecule has 0 spiro atoms. The molecule has 4 rings (SSSR count). The van der Waals surface area contributed by atoms with Crippen LogP contribution >= 0.6 is 0 Å². The van der Waals surface area contributed by atoms with Crippen molar-refractivity contribution in [2.45, 2.75) is 26.3 Å². The Morgan fingerprint density at radius 1 is 1.30 bits per heavy atom. The number of rotatable bonds is 4. The SMILES string of the molecule is CCCNC(=O)N1CCc2c(c(-c3nc(-c4ccccc4)no3)nn2C)C1. The van der Waals surface area contributed by atoms with E-state index in [9.17, 15) is 4.79 Å². The number of fused-ring (bicyclic) bond motifs is 1. The predicted octanol–water partition coefficient (Wildman–Crippen LogP) is 2.61. The summed E-state index contributed by atoms with van der Waals surface area (Å²) in [5.41, 5.74) is 3.61. The van der Waals surface area contributed by atoms with Crippen LogP contribution in [0.25, 0.3) is 23.0 Å². The zero-order valence-electron chi connectivity index (χ0n) is 15.5. The lowest BCUT2D eigenvalue weighted by molar-refractivity contribution is 0.192. The number of carbonyl (C=O) groups is 1. The van der Waals surface area contributed by atoms with Crippen LogP contribution in [0.4, 0.5) is 4.79 Å². The van der Waals surface area contributed by atoms with E-state index >= 15 is 0 Å². The first-order chi connectivity index (χ1) is 13.2. The van der Waals surface area contributed by atoms with Gasteiger partial charge in [0.25, 0.3) is 5.89 Å². The quantitative estimate of drug-likeness (QED) is 0.767. The third-order valence-electron chi connectivity index (χ3n) is 4.72. The van der Waals surface area contributed by atoms with Gasteiger partial charge in [0, 0.05) is 43.4 Å². The van der Waals surface area contributed by atoms with Crippen LogP contribution in [0.15, 0.2) is 34.9 Å². The summed E-state index contributed by atoms with van der Waals surface area (Å²) in [5, 5.41) is 11.6. The van der Waals surface area contributed by atoms with Gasteiger partial charge in [0.1, 0.15) is 0 Å². The van der Waals surface area contributed by atoms with E-state index in [0.717, 1.165) is 29.7 Å². The molecule has 0 bridgehead atoms. The van der Waals surface area contributed by atoms with Gasteiger partial charge in [-0.05, 0) is 6.42 Å². The summed E-state index contributed by atoms with van der Waals surface area (Å²) in [5.74, 6) is 0.903. The zero-order chi connectivity index (χ0) is 18.8. The van der Waals surface area contributed by atoms with Crippen LogP contribution in [0.1, 0.15) is 24.6 Å². The van der Waals surface area contributed by atoms with Gasteiger partial charge in [0.2, 0.25) is 5.82 Å². The molecule has 0 unspecified atom stereocenters. The van der Waals surface area contributed by atoms with Gasteiger partial charge in [0.05, 0.1) is 6.54 Å². The number of aromatic nitrogens is 4. The van der Waals surface area contributed by atoms with Crippen LogP contribution < -0.4 is 5.32 Å². The summed E-state index contributed by atoms with van der Waals surface area (Å²) in [6, 6.07) is 9.62. The maximum atomic E-state index is 12.3. The van der Waals surface area contributed by atoms with Gasteiger partial charge in [-0.3, -0.25) is 4.68 Å². The molecule has 0 atom stereocenters. The van der Waals surface area contributed by atoms with Crippen molar-refractivity contribution in [2.75, 3.05) is 13.1 Å². The molecule has 1 aliphatic heterocycles. The van der Waals surface area contributed by atoms with Crippen molar-refractivity contribution in [3.63, 3.8) is 0 Å². The number of hydrogen-bond acceptors (Lipinski definition) is 5. The van der Waals surface area contributed by atoms with E-state index < -0.39 is 0 Å². The Kier molecular flexibility index (Phi) is 4.62. The van der Waals surface area contributed by atoms with E-state index in [1.54, 1.807) is 4.90 Å². The van der Waals surface area contributed by atoms with Crippen molar-refractivity contribution in [3.8, 4) is 23.0 Å². The highest BCUT2D eigenvalue weighted by Crippen LogP contribution is 2.30. The van der Waals surface area contributed by atoms with Gasteiger partial charge in [-0.25, -0.2) is 4.79 Å². The summed E-state index contributed by atoms with van der Waals surface area (Å²) < 4.78 is 7.33. The summed E-state index contributed by atoms with van der Waals surface area (Å²) >= 11 is 0. The average molecular weight is 366 g/mol. The largest absolute Gasteiger partial charge is 0.338 e. The third-order valence-corrected chi connectivity index (χ3v) is 4.72. The van der Waals surface area contributed by atoms with Crippen LogP contribution in [0.5, 0.6) is 0 Å². The van der Waals surface area contributed by atoms with Crippen molar-refractivity contribution in [1.29, 1.82) is 0 Å². The van der Waals surface area contributed by atoms with Crippen molar-refractivity contribution in [2.24, 2.45) is 7.05 Å². The van der Waals surface area contributed by atoms with E-state index in [1.807, 2.05) is 49.0 Å². The van der Waals surface area contributed by atoms with E-state index in [4.69, 9.17) is 4.52 Å². The molecule has 0 saturated carbocycles. The van der Waals surface area contributed by atoms with Crippen molar-refractivity contribution < 1.29 is 9.32 Å². The number of amides is 2. The number of urea groups is 1. The first-order valence-corrected chi connectivity index (χ1v) is 9.14. The average Bonchev–Trinajstić information content (AvgIpc) is 3.31. The monoisotopic (exact) mass is 366 g/mol. The molecular formula is C19H22N6O2. The van der Waals surface area contributed by atoms with Gasteiger partial charge in [0.15, 0.2) is 5.69 Å². The van der Waals surface area contributed by atoms with Gasteiger partial charge < -0.3 is 14.7 Å². The second kappa shape index (κ2) is 7.22. The lowest BCUT2D eigenvalue weighted by Crippen LogP contribution is -2.43. The molecule has 0 saturated heterocycles. The van der Waals surface area contributed by atoms with E-state index in [2.05, 4.69) is 20.6 Å². The normalized spacial score (nSPS) is 13.5. The zero-order valence-corrected chi connectivity index (χ0v) is 15.5. The van der Waals surface area contributed by atoms with Gasteiger partial charge in [-0.2, -0.15) is 10.1 Å². The Morgan fingerprint density at radius 2 is 2.11 bits per heavy atom. The lowest BCUT2D eigenvalue weighted by atomic mass is 10.1. The Hall–Kier alpha value is -3.16. The molecule has 3 aromatic rings. The highest BCUT2D eigenvalue weighted by atomic mass is 16.5. The topological polar surface area (TPSA) is 89.1 Å². The molecule has 1 aliphatic rings. The van der Waals surface area contributed by atoms with Crippen LogP contribution in [0.3, 0.4) is 0 Å². The second-order valence-electron chi connectivity index (χ2n) is 6.59. The Labute approximate surface area is 157 Å². The third kappa shape index (κ3) is 3.30. The number of carbonyl (C=O) groups excluding carboxylic acids is 1. The molecule has 140 valence electrons. The van der Waals surface area contributed by atoms with Crippen LogP contribution in [-0.4, -0.2) is 43.9 Å². The van der Waals surface area contributed by atoms with Crippen molar-refractivity contribution >= 4 is 6.03 Å². The van der Waals surface area contributed by atoms with Crippen molar-refractivity contribution in [3.05, 3.63) is 41.6 Å². The molecule has 0 aliphatic carbocycles. The Morgan fingerprint density at radius 3 is 2.89 bits per heavy atom. The summed E-state index contributed by atoms with van der Waals surface area (Å²) in [4.78, 5) is 18.7. The highest BCUT2D eigenvalue weighted by molar-refractivity contribution is 5.75. The Balaban J connectivity index is 1.63. The van der Waals surface area contributed by atoms with Crippen molar-refractivity contribution in [1.82, 2.24) is 30.1 Å². The first kappa shape index (κ1) is 17.3. The van der Waals surface area contributed by atoms with Gasteiger partial charge in [-0.15, -0.1) is 0 Å². The van der Waals surface area contributed by atoms with Gasteiger partial charge >= 0.3 is 6.03 Å². The van der Waals surface area contributed by atoms with Crippen LogP contribution in [0.2, 0.25) is 0 Å². The molecule has 2 amide bonds. The number of benzene rings is 1. The molecule has 1 aromatic carbocycles. The number of nitrogens with one attached hydrogen (secondary N) is 1. The minimum atomic E-state index is -0.0483. The van der Waals surface area contributed by atoms with Crippen LogP contribution in [0, 0.1) is 0 Å². The molecular weight excluding hydrogens is 344 g/mol. The minimum absolute atomic E-state index is 0.0483. The maximum Gasteiger partial charge on any atom is 0.317 e. The molecule has 0 radical (unpaired) electrons. The van der Waals surface area contributed by atoms with E-state index in [0.29, 0.717) is 37.0 Å². The van der Waals surface area contributed by atoms with E-state index in [1.165, 1.54) is 0 Å². The van der Waals surface area contributed by atoms with Gasteiger partial charge in [-0.1, -0.05) is 42.4 Å². The molecule has 27 heavy (non-hydrogen) atoms. The molecule has 2 aromatic heterocycles. The molecule has 8 heteroatoms. The predicted molar refractivity (Wildman–Crippen MR) is 99.7 cm³/mol. The maximum absolute atomic E-state index is 12.3. The number of hydrogen-bond donors (Lipinski definition) is 1. The minimum Gasteiger partial charge on any atom is -0.338 e. The molecule has 1 N–H and O–H groups in total. The fourth-order valence-corrected chi connectivity index (χ4v) is 3.31. The molecule has 0 fully saturated rings. The lowest BCUT2D eigenvalue weighted by Gasteiger charge is -2.27. The highest BCUT2D eigenvalue weighted by Gasteiger charge is 2.29. The summed E-state index contributed by atoms with van der Waals surface area (Å²) in [6.45, 7) is 3.86. The summed E-state index contributed by atoms with van der Waals surface area (Å²) in [7, 11) is 1.91. The van der Waals surface area contributed by atoms with E-state index in [-0.39, 0.29) is 6.03 Å². The Bertz CT molecular complexity index is 947. The summed E-state index contributed by atoms with van der Waals surface area (Å²) in [6.07, 6.45) is 1.66. The molecule has 3 heterocycles. The first-order valence-electron chi connectivity index (χ1n) is 9.14. The fourth-order valence-electron chi connectivity index (χ4n) is 3.31. The smallest absolute Gasteiger partial charge is 0.317 e. The fraction of sp³-hybridized carbons (Fsp3) is 0.368. The molecule has 8 nitrogen and oxygen atoms in total. The number of aryl methyl sites for hydroxylation is 1.